The van der Waals surface area contributed by atoms with Gasteiger partial charge in [0.25, 0.3) is 10.2 Å². The lowest BCUT2D eigenvalue weighted by molar-refractivity contribution is -0.140. The summed E-state index contributed by atoms with van der Waals surface area (Å²) >= 11 is 0. The summed E-state index contributed by atoms with van der Waals surface area (Å²) < 4.78 is 27.0. The van der Waals surface area contributed by atoms with E-state index in [0.29, 0.717) is 0 Å². The van der Waals surface area contributed by atoms with Crippen LogP contribution in [0.15, 0.2) is 0 Å². The van der Waals surface area contributed by atoms with Gasteiger partial charge in [-0.15, -0.1) is 0 Å². The first-order valence-electron chi connectivity index (χ1n) is 5.63. The van der Waals surface area contributed by atoms with E-state index in [0.717, 1.165) is 4.31 Å². The molecule has 0 fully saturated rings. The predicted octanol–water partition coefficient (Wildman–Crippen LogP) is 0.166. The normalized spacial score (nSPS) is 13.6. The molecular weight excluding hydrogens is 258 g/mol. The minimum absolute atomic E-state index is 0.0484. The topological polar surface area (TPSA) is 111 Å². The molecule has 0 aromatic rings. The van der Waals surface area contributed by atoms with Crippen molar-refractivity contribution in [1.82, 2.24) is 9.03 Å². The number of carboxylic acids is 1. The first kappa shape index (κ1) is 16.8. The van der Waals surface area contributed by atoms with Gasteiger partial charge in [-0.25, -0.2) is 0 Å². The number of aliphatic carboxylic acids is 1. The zero-order valence-corrected chi connectivity index (χ0v) is 11.6. The number of carbonyl (C=O) groups is 1. The summed E-state index contributed by atoms with van der Waals surface area (Å²) in [7, 11) is -3.88. The van der Waals surface area contributed by atoms with Gasteiger partial charge in [-0.1, -0.05) is 20.8 Å². The Morgan fingerprint density at radius 2 is 2.06 bits per heavy atom. The van der Waals surface area contributed by atoms with Crippen LogP contribution >= 0.6 is 0 Å². The fraction of sp³-hybridized carbons (Fsp3) is 0.800. The van der Waals surface area contributed by atoms with Crippen LogP contribution in [0, 0.1) is 17.2 Å². The third-order valence-corrected chi connectivity index (χ3v) is 4.05. The van der Waals surface area contributed by atoms with Gasteiger partial charge in [0.2, 0.25) is 0 Å². The average molecular weight is 277 g/mol. The van der Waals surface area contributed by atoms with Crippen LogP contribution in [0.2, 0.25) is 0 Å². The summed E-state index contributed by atoms with van der Waals surface area (Å²) in [6, 6.07) is 0.678. The Hall–Kier alpha value is -1.17. The second-order valence-corrected chi connectivity index (χ2v) is 5.78. The zero-order chi connectivity index (χ0) is 14.3. The van der Waals surface area contributed by atoms with Crippen LogP contribution in [0.25, 0.3) is 0 Å². The average Bonchev–Trinajstić information content (AvgIpc) is 2.26. The van der Waals surface area contributed by atoms with Gasteiger partial charge in [0, 0.05) is 19.5 Å². The molecule has 0 heterocycles. The van der Waals surface area contributed by atoms with Crippen molar-refractivity contribution in [1.29, 1.82) is 5.26 Å². The van der Waals surface area contributed by atoms with Gasteiger partial charge in [0.05, 0.1) is 6.07 Å². The number of nitriles is 1. The van der Waals surface area contributed by atoms with E-state index in [1.807, 2.05) is 6.07 Å². The highest BCUT2D eigenvalue weighted by Gasteiger charge is 2.30. The molecule has 0 aromatic heterocycles. The number of hydrogen-bond donors (Lipinski definition) is 2. The molecule has 0 bridgehead atoms. The molecule has 0 aliphatic carbocycles. The van der Waals surface area contributed by atoms with Gasteiger partial charge in [-0.05, 0) is 5.92 Å². The Labute approximate surface area is 108 Å². The quantitative estimate of drug-likeness (QED) is 0.657. The Morgan fingerprint density at radius 3 is 2.39 bits per heavy atom. The van der Waals surface area contributed by atoms with Crippen LogP contribution in [0.3, 0.4) is 0 Å². The van der Waals surface area contributed by atoms with Crippen molar-refractivity contribution in [2.75, 3.05) is 13.1 Å². The number of carboxylic acid groups (broad SMARTS) is 1. The smallest absolute Gasteiger partial charge is 0.322 e. The van der Waals surface area contributed by atoms with Crippen molar-refractivity contribution in [2.24, 2.45) is 5.92 Å². The summed E-state index contributed by atoms with van der Waals surface area (Å²) in [6.07, 6.45) is 0.0637. The Bertz CT molecular complexity index is 413. The number of nitrogens with zero attached hydrogens (tertiary/aromatic N) is 2. The summed E-state index contributed by atoms with van der Waals surface area (Å²) in [5.74, 6) is -1.59. The van der Waals surface area contributed by atoms with E-state index in [1.165, 1.54) is 0 Å². The summed E-state index contributed by atoms with van der Waals surface area (Å²) in [6.45, 7) is 5.09. The second kappa shape index (κ2) is 7.31. The van der Waals surface area contributed by atoms with E-state index >= 15 is 0 Å². The lowest BCUT2D eigenvalue weighted by Gasteiger charge is -2.24. The van der Waals surface area contributed by atoms with Crippen LogP contribution in [-0.4, -0.2) is 42.9 Å². The van der Waals surface area contributed by atoms with Crippen LogP contribution < -0.4 is 4.72 Å². The maximum Gasteiger partial charge on any atom is 0.322 e. The SMILES string of the molecule is CCN(CCC#N)S(=O)(=O)NC(C(=O)O)C(C)C. The van der Waals surface area contributed by atoms with Crippen LogP contribution in [0.1, 0.15) is 27.2 Å². The standard InChI is InChI=1S/C10H19N3O4S/c1-4-13(7-5-6-11)18(16,17)12-9(8(2)3)10(14)15/h8-9,12H,4-5,7H2,1-3H3,(H,14,15). The van der Waals surface area contributed by atoms with Crippen molar-refractivity contribution in [2.45, 2.75) is 33.2 Å². The Balaban J connectivity index is 4.91. The van der Waals surface area contributed by atoms with Gasteiger partial charge in [-0.3, -0.25) is 4.79 Å². The molecule has 0 aromatic carbocycles. The van der Waals surface area contributed by atoms with Crippen molar-refractivity contribution < 1.29 is 18.3 Å². The minimum atomic E-state index is -3.88. The molecule has 0 saturated heterocycles. The maximum absolute atomic E-state index is 11.9. The van der Waals surface area contributed by atoms with Crippen molar-refractivity contribution in [3.05, 3.63) is 0 Å². The molecule has 0 rings (SSSR count). The molecule has 1 atom stereocenters. The highest BCUT2D eigenvalue weighted by Crippen LogP contribution is 2.07. The van der Waals surface area contributed by atoms with Crippen LogP contribution in [0.4, 0.5) is 0 Å². The predicted molar refractivity (Wildman–Crippen MR) is 65.8 cm³/mol. The Morgan fingerprint density at radius 1 is 1.50 bits per heavy atom. The molecule has 0 amide bonds. The molecule has 7 nitrogen and oxygen atoms in total. The van der Waals surface area contributed by atoms with E-state index in [4.69, 9.17) is 10.4 Å². The molecule has 0 saturated carbocycles. The third-order valence-electron chi connectivity index (χ3n) is 2.37. The lowest BCUT2D eigenvalue weighted by Crippen LogP contribution is -2.50. The molecule has 1 unspecified atom stereocenters. The van der Waals surface area contributed by atoms with Crippen molar-refractivity contribution in [3.63, 3.8) is 0 Å². The maximum atomic E-state index is 11.9. The first-order valence-corrected chi connectivity index (χ1v) is 7.07. The molecule has 18 heavy (non-hydrogen) atoms. The van der Waals surface area contributed by atoms with Gasteiger partial charge >= 0.3 is 5.97 Å². The molecule has 0 aliphatic heterocycles. The van der Waals surface area contributed by atoms with Crippen LogP contribution in [-0.2, 0) is 15.0 Å². The minimum Gasteiger partial charge on any atom is -0.480 e. The lowest BCUT2D eigenvalue weighted by atomic mass is 10.1. The molecule has 8 heteroatoms. The monoisotopic (exact) mass is 277 g/mol. The third kappa shape index (κ3) is 5.00. The molecular formula is C10H19N3O4S. The number of nitrogens with one attached hydrogen (secondary N) is 1. The highest BCUT2D eigenvalue weighted by atomic mass is 32.2. The van der Waals surface area contributed by atoms with Gasteiger partial charge in [-0.2, -0.15) is 22.7 Å². The van der Waals surface area contributed by atoms with E-state index in [1.54, 1.807) is 20.8 Å². The van der Waals surface area contributed by atoms with Gasteiger partial charge in [0.1, 0.15) is 6.04 Å². The summed E-state index contributed by atoms with van der Waals surface area (Å²) in [5, 5.41) is 17.4. The fourth-order valence-electron chi connectivity index (χ4n) is 1.33. The molecule has 0 radical (unpaired) electrons. The van der Waals surface area contributed by atoms with Crippen molar-refractivity contribution in [3.8, 4) is 6.07 Å². The second-order valence-electron chi connectivity index (χ2n) is 4.08. The largest absolute Gasteiger partial charge is 0.480 e. The number of rotatable bonds is 8. The van der Waals surface area contributed by atoms with Crippen molar-refractivity contribution >= 4 is 16.2 Å². The number of hydrogen-bond acceptors (Lipinski definition) is 4. The molecule has 0 aliphatic rings. The summed E-state index contributed by atoms with van der Waals surface area (Å²) in [5.41, 5.74) is 0. The first-order chi connectivity index (χ1) is 8.26. The van der Waals surface area contributed by atoms with Gasteiger partial charge < -0.3 is 5.11 Å². The van der Waals surface area contributed by atoms with E-state index in [9.17, 15) is 13.2 Å². The Kier molecular flexibility index (Phi) is 6.83. The highest BCUT2D eigenvalue weighted by molar-refractivity contribution is 7.87. The molecule has 104 valence electrons. The van der Waals surface area contributed by atoms with E-state index < -0.39 is 22.2 Å². The molecule has 0 spiro atoms. The summed E-state index contributed by atoms with van der Waals surface area (Å²) in [4.78, 5) is 10.9. The zero-order valence-electron chi connectivity index (χ0n) is 10.8. The molecule has 2 N–H and O–H groups in total. The van der Waals surface area contributed by atoms with E-state index in [2.05, 4.69) is 4.72 Å². The van der Waals surface area contributed by atoms with Crippen LogP contribution in [0.5, 0.6) is 0 Å². The fourth-order valence-corrected chi connectivity index (χ4v) is 2.84. The van der Waals surface area contributed by atoms with Gasteiger partial charge in [0.15, 0.2) is 0 Å². The van der Waals surface area contributed by atoms with E-state index in [-0.39, 0.29) is 25.4 Å².